The van der Waals surface area contributed by atoms with E-state index in [4.69, 9.17) is 10.5 Å². The van der Waals surface area contributed by atoms with Crippen LogP contribution in [-0.4, -0.2) is 12.1 Å². The standard InChI is InChI=1S/C9H14N2O/c1-9(2,12-3)7-4-5-11-6-8(7)10/h4-6H,10H2,1-3H3. The second-order valence-corrected chi connectivity index (χ2v) is 3.18. The van der Waals surface area contributed by atoms with Crippen molar-refractivity contribution in [1.29, 1.82) is 0 Å². The maximum atomic E-state index is 5.74. The van der Waals surface area contributed by atoms with Crippen LogP contribution in [0.5, 0.6) is 0 Å². The molecular formula is C9H14N2O. The van der Waals surface area contributed by atoms with Gasteiger partial charge in [-0.15, -0.1) is 0 Å². The topological polar surface area (TPSA) is 48.1 Å². The van der Waals surface area contributed by atoms with Gasteiger partial charge in [0.15, 0.2) is 0 Å². The van der Waals surface area contributed by atoms with Crippen LogP contribution < -0.4 is 5.73 Å². The van der Waals surface area contributed by atoms with Crippen LogP contribution in [0.25, 0.3) is 0 Å². The van der Waals surface area contributed by atoms with Crippen molar-refractivity contribution in [1.82, 2.24) is 4.98 Å². The zero-order valence-electron chi connectivity index (χ0n) is 7.66. The molecule has 0 amide bonds. The summed E-state index contributed by atoms with van der Waals surface area (Å²) in [6, 6.07) is 1.87. The fourth-order valence-electron chi connectivity index (χ4n) is 1.06. The first-order valence-corrected chi connectivity index (χ1v) is 3.83. The average Bonchev–Trinajstić information content (AvgIpc) is 2.05. The maximum Gasteiger partial charge on any atom is 0.0892 e. The number of nitrogens with two attached hydrogens (primary N) is 1. The molecule has 0 atom stereocenters. The Bertz CT molecular complexity index is 271. The van der Waals surface area contributed by atoms with Gasteiger partial charge >= 0.3 is 0 Å². The predicted molar refractivity (Wildman–Crippen MR) is 48.7 cm³/mol. The summed E-state index contributed by atoms with van der Waals surface area (Å²) in [4.78, 5) is 3.91. The highest BCUT2D eigenvalue weighted by atomic mass is 16.5. The van der Waals surface area contributed by atoms with Crippen molar-refractivity contribution in [2.24, 2.45) is 0 Å². The lowest BCUT2D eigenvalue weighted by Gasteiger charge is -2.24. The summed E-state index contributed by atoms with van der Waals surface area (Å²) in [6.07, 6.45) is 3.35. The van der Waals surface area contributed by atoms with E-state index in [1.165, 1.54) is 0 Å². The summed E-state index contributed by atoms with van der Waals surface area (Å²) in [6.45, 7) is 3.94. The van der Waals surface area contributed by atoms with Crippen molar-refractivity contribution in [2.45, 2.75) is 19.4 Å². The molecule has 0 spiro atoms. The Morgan fingerprint density at radius 2 is 2.17 bits per heavy atom. The minimum atomic E-state index is -0.340. The highest BCUT2D eigenvalue weighted by Gasteiger charge is 2.21. The predicted octanol–water partition coefficient (Wildman–Crippen LogP) is 1.55. The first-order chi connectivity index (χ1) is 5.58. The molecule has 3 nitrogen and oxygen atoms in total. The van der Waals surface area contributed by atoms with E-state index in [0.717, 1.165) is 5.56 Å². The Balaban J connectivity index is 3.10. The Labute approximate surface area is 72.6 Å². The van der Waals surface area contributed by atoms with Crippen LogP contribution in [0, 0.1) is 0 Å². The third-order valence-corrected chi connectivity index (χ3v) is 2.01. The van der Waals surface area contributed by atoms with Crippen LogP contribution in [-0.2, 0) is 10.3 Å². The van der Waals surface area contributed by atoms with Crippen molar-refractivity contribution in [3.8, 4) is 0 Å². The van der Waals surface area contributed by atoms with E-state index in [1.807, 2.05) is 19.9 Å². The molecule has 0 radical (unpaired) electrons. The van der Waals surface area contributed by atoms with E-state index in [-0.39, 0.29) is 5.60 Å². The number of hydrogen-bond donors (Lipinski definition) is 1. The molecule has 0 aliphatic heterocycles. The number of pyridine rings is 1. The molecule has 2 N–H and O–H groups in total. The monoisotopic (exact) mass is 166 g/mol. The molecule has 0 bridgehead atoms. The molecule has 0 aliphatic carbocycles. The van der Waals surface area contributed by atoms with E-state index >= 15 is 0 Å². The Morgan fingerprint density at radius 3 is 2.67 bits per heavy atom. The third kappa shape index (κ3) is 1.56. The van der Waals surface area contributed by atoms with Crippen molar-refractivity contribution >= 4 is 5.69 Å². The maximum absolute atomic E-state index is 5.74. The lowest BCUT2D eigenvalue weighted by atomic mass is 9.98. The molecule has 12 heavy (non-hydrogen) atoms. The summed E-state index contributed by atoms with van der Waals surface area (Å²) in [7, 11) is 1.67. The number of hydrogen-bond acceptors (Lipinski definition) is 3. The van der Waals surface area contributed by atoms with E-state index in [9.17, 15) is 0 Å². The molecule has 1 heterocycles. The second kappa shape index (κ2) is 3.11. The largest absolute Gasteiger partial charge is 0.397 e. The Kier molecular flexibility index (Phi) is 2.33. The highest BCUT2D eigenvalue weighted by Crippen LogP contribution is 2.27. The Morgan fingerprint density at radius 1 is 1.50 bits per heavy atom. The SMILES string of the molecule is COC(C)(C)c1ccncc1N. The summed E-state index contributed by atoms with van der Waals surface area (Å²) in [5.41, 5.74) is 7.04. The van der Waals surface area contributed by atoms with E-state index in [1.54, 1.807) is 19.5 Å². The van der Waals surface area contributed by atoms with Crippen LogP contribution in [0.3, 0.4) is 0 Å². The van der Waals surface area contributed by atoms with Crippen LogP contribution in [0.1, 0.15) is 19.4 Å². The van der Waals surface area contributed by atoms with E-state index < -0.39 is 0 Å². The second-order valence-electron chi connectivity index (χ2n) is 3.18. The average molecular weight is 166 g/mol. The number of ether oxygens (including phenoxy) is 1. The fraction of sp³-hybridized carbons (Fsp3) is 0.444. The van der Waals surface area contributed by atoms with Crippen LogP contribution >= 0.6 is 0 Å². The zero-order chi connectivity index (χ0) is 9.19. The minimum absolute atomic E-state index is 0.340. The summed E-state index contributed by atoms with van der Waals surface area (Å²) in [5.74, 6) is 0. The van der Waals surface area contributed by atoms with E-state index in [2.05, 4.69) is 4.98 Å². The number of nitrogen functional groups attached to an aromatic ring is 1. The first kappa shape index (κ1) is 9.00. The smallest absolute Gasteiger partial charge is 0.0892 e. The first-order valence-electron chi connectivity index (χ1n) is 3.83. The number of rotatable bonds is 2. The minimum Gasteiger partial charge on any atom is -0.397 e. The molecule has 3 heteroatoms. The van der Waals surface area contributed by atoms with Gasteiger partial charge in [0.2, 0.25) is 0 Å². The third-order valence-electron chi connectivity index (χ3n) is 2.01. The van der Waals surface area contributed by atoms with E-state index in [0.29, 0.717) is 5.69 Å². The fourth-order valence-corrected chi connectivity index (χ4v) is 1.06. The van der Waals surface area contributed by atoms with Gasteiger partial charge in [-0.05, 0) is 19.9 Å². The van der Waals surface area contributed by atoms with Gasteiger partial charge in [0.1, 0.15) is 0 Å². The van der Waals surface area contributed by atoms with Gasteiger partial charge in [0.05, 0.1) is 17.5 Å². The van der Waals surface area contributed by atoms with Gasteiger partial charge in [-0.3, -0.25) is 4.98 Å². The molecule has 0 saturated carbocycles. The van der Waals surface area contributed by atoms with Crippen molar-refractivity contribution in [3.05, 3.63) is 24.0 Å². The zero-order valence-corrected chi connectivity index (χ0v) is 7.66. The Hall–Kier alpha value is -1.09. The normalized spacial score (nSPS) is 11.6. The van der Waals surface area contributed by atoms with Crippen LogP contribution in [0.2, 0.25) is 0 Å². The molecule has 1 aromatic rings. The van der Waals surface area contributed by atoms with Crippen LogP contribution in [0.4, 0.5) is 5.69 Å². The van der Waals surface area contributed by atoms with Crippen molar-refractivity contribution in [3.63, 3.8) is 0 Å². The number of nitrogens with zero attached hydrogens (tertiary/aromatic N) is 1. The lowest BCUT2D eigenvalue weighted by Crippen LogP contribution is -2.21. The molecule has 66 valence electrons. The van der Waals surface area contributed by atoms with Gasteiger partial charge in [0.25, 0.3) is 0 Å². The quantitative estimate of drug-likeness (QED) is 0.725. The number of methoxy groups -OCH3 is 1. The summed E-state index contributed by atoms with van der Waals surface area (Å²) in [5, 5.41) is 0. The number of anilines is 1. The molecular weight excluding hydrogens is 152 g/mol. The molecule has 0 fully saturated rings. The summed E-state index contributed by atoms with van der Waals surface area (Å²) >= 11 is 0. The van der Waals surface area contributed by atoms with Gasteiger partial charge in [-0.25, -0.2) is 0 Å². The van der Waals surface area contributed by atoms with Gasteiger partial charge in [-0.2, -0.15) is 0 Å². The highest BCUT2D eigenvalue weighted by molar-refractivity contribution is 5.46. The van der Waals surface area contributed by atoms with Gasteiger partial charge in [-0.1, -0.05) is 0 Å². The summed E-state index contributed by atoms with van der Waals surface area (Å²) < 4.78 is 5.30. The molecule has 1 aromatic heterocycles. The lowest BCUT2D eigenvalue weighted by molar-refractivity contribution is 0.0198. The molecule has 0 unspecified atom stereocenters. The van der Waals surface area contributed by atoms with Gasteiger partial charge < -0.3 is 10.5 Å². The van der Waals surface area contributed by atoms with Crippen molar-refractivity contribution < 1.29 is 4.74 Å². The molecule has 0 saturated heterocycles. The molecule has 0 aliphatic rings. The van der Waals surface area contributed by atoms with Crippen molar-refractivity contribution in [2.75, 3.05) is 12.8 Å². The molecule has 1 rings (SSSR count). The number of aromatic nitrogens is 1. The molecule has 0 aromatic carbocycles. The van der Waals surface area contributed by atoms with Crippen LogP contribution in [0.15, 0.2) is 18.5 Å². The van der Waals surface area contributed by atoms with Gasteiger partial charge in [0, 0.05) is 18.9 Å².